The van der Waals surface area contributed by atoms with Crippen LogP contribution in [0.5, 0.6) is 0 Å². The lowest BCUT2D eigenvalue weighted by Crippen LogP contribution is -2.14. The molecule has 0 bridgehead atoms. The molecule has 0 saturated heterocycles. The van der Waals surface area contributed by atoms with Gasteiger partial charge >= 0.3 is 5.69 Å². The highest BCUT2D eigenvalue weighted by molar-refractivity contribution is 7.13. The molecule has 3 N–H and O–H groups in total. The Morgan fingerprint density at radius 2 is 2.08 bits per heavy atom. The number of anilines is 1. The molecule has 0 unspecified atom stereocenters. The van der Waals surface area contributed by atoms with E-state index in [1.165, 1.54) is 11.3 Å². The van der Waals surface area contributed by atoms with E-state index >= 15 is 0 Å². The van der Waals surface area contributed by atoms with Gasteiger partial charge in [0, 0.05) is 29.0 Å². The van der Waals surface area contributed by atoms with Gasteiger partial charge in [-0.3, -0.25) is 9.78 Å². The lowest BCUT2D eigenvalue weighted by Gasteiger charge is -2.04. The number of imidazole rings is 1. The summed E-state index contributed by atoms with van der Waals surface area (Å²) in [6.07, 6.45) is 3.63. The lowest BCUT2D eigenvalue weighted by atomic mass is 10.2. The molecule has 1 aromatic carbocycles. The summed E-state index contributed by atoms with van der Waals surface area (Å²) in [5.74, 6) is -0.166. The molecule has 0 saturated carbocycles. The zero-order chi connectivity index (χ0) is 17.2. The highest BCUT2D eigenvalue weighted by Crippen LogP contribution is 2.23. The Labute approximate surface area is 145 Å². The molecule has 4 rings (SSSR count). The van der Waals surface area contributed by atoms with Crippen LogP contribution in [-0.4, -0.2) is 25.8 Å². The maximum atomic E-state index is 12.2. The van der Waals surface area contributed by atoms with Gasteiger partial charge in [-0.05, 0) is 30.3 Å². The van der Waals surface area contributed by atoms with Crippen LogP contribution in [0.4, 0.5) is 5.69 Å². The molecule has 4 aromatic rings. The second-order valence-electron chi connectivity index (χ2n) is 5.45. The van der Waals surface area contributed by atoms with Crippen LogP contribution in [0.15, 0.2) is 52.9 Å². The summed E-state index contributed by atoms with van der Waals surface area (Å²) in [4.78, 5) is 37.4. The van der Waals surface area contributed by atoms with E-state index in [0.29, 0.717) is 22.4 Å². The SMILES string of the molecule is O=C(Cc1csc(-c2cccnc2)n1)Nc1ccc2[nH]c(=O)[nH]c2c1. The number of thiazole rings is 1. The highest BCUT2D eigenvalue weighted by atomic mass is 32.1. The molecule has 3 heterocycles. The van der Waals surface area contributed by atoms with E-state index in [4.69, 9.17) is 0 Å². The standard InChI is InChI=1S/C17H13N5O2S/c23-15(19-11-3-4-13-14(6-11)22-17(24)21-13)7-12-9-25-16(20-12)10-2-1-5-18-8-10/h1-6,8-9H,7H2,(H,19,23)(H2,21,22,24). The molecule has 0 spiro atoms. The van der Waals surface area contributed by atoms with Crippen molar-refractivity contribution >= 4 is 34.0 Å². The van der Waals surface area contributed by atoms with Gasteiger partial charge in [0.1, 0.15) is 5.01 Å². The molecule has 1 amide bonds. The summed E-state index contributed by atoms with van der Waals surface area (Å²) in [5, 5.41) is 5.52. The van der Waals surface area contributed by atoms with Crippen molar-refractivity contribution in [2.45, 2.75) is 6.42 Å². The fourth-order valence-corrected chi connectivity index (χ4v) is 3.30. The van der Waals surface area contributed by atoms with Crippen molar-refractivity contribution in [3.63, 3.8) is 0 Å². The van der Waals surface area contributed by atoms with Crippen LogP contribution in [-0.2, 0) is 11.2 Å². The number of benzene rings is 1. The second-order valence-corrected chi connectivity index (χ2v) is 6.31. The first-order valence-corrected chi connectivity index (χ1v) is 8.42. The molecule has 3 aromatic heterocycles. The van der Waals surface area contributed by atoms with Gasteiger partial charge in [-0.15, -0.1) is 11.3 Å². The first kappa shape index (κ1) is 15.3. The Hall–Kier alpha value is -3.26. The topological polar surface area (TPSA) is 104 Å². The molecule has 0 aliphatic carbocycles. The Balaban J connectivity index is 1.46. The number of H-pyrrole nitrogens is 2. The normalized spacial score (nSPS) is 10.9. The van der Waals surface area contributed by atoms with E-state index in [1.54, 1.807) is 30.6 Å². The van der Waals surface area contributed by atoms with E-state index in [0.717, 1.165) is 10.6 Å². The summed E-state index contributed by atoms with van der Waals surface area (Å²) >= 11 is 1.48. The van der Waals surface area contributed by atoms with Crippen molar-refractivity contribution < 1.29 is 4.79 Å². The number of hydrogen-bond acceptors (Lipinski definition) is 5. The second kappa shape index (κ2) is 6.33. The molecular formula is C17H13N5O2S. The van der Waals surface area contributed by atoms with Gasteiger partial charge in [-0.2, -0.15) is 0 Å². The Morgan fingerprint density at radius 3 is 2.92 bits per heavy atom. The number of aromatic nitrogens is 4. The molecule has 0 aliphatic heterocycles. The van der Waals surface area contributed by atoms with E-state index in [9.17, 15) is 9.59 Å². The molecule has 0 radical (unpaired) electrons. The quantitative estimate of drug-likeness (QED) is 0.525. The van der Waals surface area contributed by atoms with Gasteiger partial charge in [0.05, 0.1) is 23.1 Å². The number of carbonyl (C=O) groups excluding carboxylic acids is 1. The first-order chi connectivity index (χ1) is 12.2. The predicted molar refractivity (Wildman–Crippen MR) is 96.6 cm³/mol. The van der Waals surface area contributed by atoms with Gasteiger partial charge in [0.25, 0.3) is 0 Å². The minimum absolute atomic E-state index is 0.166. The number of pyridine rings is 1. The number of carbonyl (C=O) groups is 1. The number of hydrogen-bond donors (Lipinski definition) is 3. The molecule has 0 aliphatic rings. The zero-order valence-electron chi connectivity index (χ0n) is 12.9. The Bertz CT molecular complexity index is 1100. The number of nitrogens with zero attached hydrogens (tertiary/aromatic N) is 2. The van der Waals surface area contributed by atoms with Crippen molar-refractivity contribution in [2.24, 2.45) is 0 Å². The van der Waals surface area contributed by atoms with E-state index in [-0.39, 0.29) is 18.0 Å². The number of amides is 1. The molecular weight excluding hydrogens is 338 g/mol. The van der Waals surface area contributed by atoms with E-state index in [2.05, 4.69) is 25.3 Å². The van der Waals surface area contributed by atoms with Crippen molar-refractivity contribution in [1.82, 2.24) is 19.9 Å². The summed E-state index contributed by atoms with van der Waals surface area (Å²) in [7, 11) is 0. The van der Waals surface area contributed by atoms with Crippen molar-refractivity contribution in [3.05, 3.63) is 64.3 Å². The number of fused-ring (bicyclic) bond motifs is 1. The largest absolute Gasteiger partial charge is 0.326 e. The molecule has 124 valence electrons. The highest BCUT2D eigenvalue weighted by Gasteiger charge is 2.10. The fourth-order valence-electron chi connectivity index (χ4n) is 2.49. The van der Waals surface area contributed by atoms with E-state index in [1.807, 2.05) is 17.5 Å². The van der Waals surface area contributed by atoms with Crippen molar-refractivity contribution in [3.8, 4) is 10.6 Å². The number of nitrogens with one attached hydrogen (secondary N) is 3. The summed E-state index contributed by atoms with van der Waals surface area (Å²) in [6, 6.07) is 8.98. The number of rotatable bonds is 4. The third-order valence-corrected chi connectivity index (χ3v) is 4.54. The van der Waals surface area contributed by atoms with Crippen LogP contribution >= 0.6 is 11.3 Å². The van der Waals surface area contributed by atoms with Crippen LogP contribution in [0.3, 0.4) is 0 Å². The average molecular weight is 351 g/mol. The average Bonchev–Trinajstić information content (AvgIpc) is 3.21. The van der Waals surface area contributed by atoms with Crippen LogP contribution in [0.2, 0.25) is 0 Å². The van der Waals surface area contributed by atoms with Crippen molar-refractivity contribution in [2.75, 3.05) is 5.32 Å². The summed E-state index contributed by atoms with van der Waals surface area (Å²) in [6.45, 7) is 0. The van der Waals surface area contributed by atoms with Gasteiger partial charge in [0.2, 0.25) is 5.91 Å². The molecule has 0 fully saturated rings. The van der Waals surface area contributed by atoms with Crippen LogP contribution in [0.25, 0.3) is 21.6 Å². The third kappa shape index (κ3) is 3.33. The summed E-state index contributed by atoms with van der Waals surface area (Å²) in [5.41, 5.74) is 3.33. The van der Waals surface area contributed by atoms with Crippen molar-refractivity contribution in [1.29, 1.82) is 0 Å². The Morgan fingerprint density at radius 1 is 1.20 bits per heavy atom. The molecule has 7 nitrogen and oxygen atoms in total. The minimum Gasteiger partial charge on any atom is -0.326 e. The lowest BCUT2D eigenvalue weighted by molar-refractivity contribution is -0.115. The maximum Gasteiger partial charge on any atom is 0.323 e. The third-order valence-electron chi connectivity index (χ3n) is 3.60. The van der Waals surface area contributed by atoms with Crippen LogP contribution in [0.1, 0.15) is 5.69 Å². The number of aromatic amines is 2. The summed E-state index contributed by atoms with van der Waals surface area (Å²) < 4.78 is 0. The zero-order valence-corrected chi connectivity index (χ0v) is 13.8. The van der Waals surface area contributed by atoms with E-state index < -0.39 is 0 Å². The predicted octanol–water partition coefficient (Wildman–Crippen LogP) is 2.56. The van der Waals surface area contributed by atoms with Gasteiger partial charge in [-0.1, -0.05) is 0 Å². The smallest absolute Gasteiger partial charge is 0.323 e. The monoisotopic (exact) mass is 351 g/mol. The fraction of sp³-hybridized carbons (Fsp3) is 0.0588. The molecule has 0 atom stereocenters. The first-order valence-electron chi connectivity index (χ1n) is 7.54. The molecule has 8 heteroatoms. The Kier molecular flexibility index (Phi) is 3.87. The van der Waals surface area contributed by atoms with Gasteiger partial charge in [-0.25, -0.2) is 9.78 Å². The molecule has 25 heavy (non-hydrogen) atoms. The minimum atomic E-state index is -0.274. The van der Waals surface area contributed by atoms with Gasteiger partial charge in [0.15, 0.2) is 0 Å². The van der Waals surface area contributed by atoms with Crippen LogP contribution < -0.4 is 11.0 Å². The van der Waals surface area contributed by atoms with Gasteiger partial charge < -0.3 is 15.3 Å². The maximum absolute atomic E-state index is 12.2. The van der Waals surface area contributed by atoms with Crippen LogP contribution in [0, 0.1) is 0 Å².